The zero-order valence-corrected chi connectivity index (χ0v) is 12.3. The highest BCUT2D eigenvalue weighted by atomic mass is 16.2. The lowest BCUT2D eigenvalue weighted by atomic mass is 9.92. The third-order valence-corrected chi connectivity index (χ3v) is 3.75. The molecule has 0 amide bonds. The minimum absolute atomic E-state index is 0.426. The summed E-state index contributed by atoms with van der Waals surface area (Å²) in [7, 11) is 0. The summed E-state index contributed by atoms with van der Waals surface area (Å²) in [4.78, 5) is 24.7. The summed E-state index contributed by atoms with van der Waals surface area (Å²) >= 11 is 0. The van der Waals surface area contributed by atoms with Crippen molar-refractivity contribution in [3.8, 4) is 0 Å². The number of hydrogen-bond donors (Lipinski definition) is 0. The molecular weight excluding hydrogens is 260 g/mol. The molecule has 0 heterocycles. The van der Waals surface area contributed by atoms with Gasteiger partial charge in [0.15, 0.2) is 0 Å². The molecule has 2 aromatic carbocycles. The average Bonchev–Trinajstić information content (AvgIpc) is 2.52. The van der Waals surface area contributed by atoms with Gasteiger partial charge >= 0.3 is 0 Å². The first-order valence-corrected chi connectivity index (χ1v) is 6.90. The van der Waals surface area contributed by atoms with Crippen LogP contribution < -0.4 is 0 Å². The molecular formula is C19H18O2. The number of Topliss-reactive ketones (excluding diaryl/α,β-unsaturated/α-hetero) is 2. The van der Waals surface area contributed by atoms with E-state index in [-0.39, 0.29) is 0 Å². The molecule has 0 unspecified atom stereocenters. The molecule has 0 aliphatic carbocycles. The van der Waals surface area contributed by atoms with Gasteiger partial charge in [0.1, 0.15) is 0 Å². The zero-order valence-electron chi connectivity index (χ0n) is 12.3. The van der Waals surface area contributed by atoms with Gasteiger partial charge in [0.2, 0.25) is 11.6 Å². The highest BCUT2D eigenvalue weighted by molar-refractivity contribution is 6.49. The normalized spacial score (nSPS) is 10.2. The van der Waals surface area contributed by atoms with E-state index in [0.717, 1.165) is 23.1 Å². The summed E-state index contributed by atoms with van der Waals surface area (Å²) in [5.41, 5.74) is 3.94. The molecule has 2 aromatic rings. The minimum atomic E-state index is -0.463. The van der Waals surface area contributed by atoms with Crippen LogP contribution >= 0.6 is 0 Å². The van der Waals surface area contributed by atoms with Crippen LogP contribution in [0.3, 0.4) is 0 Å². The summed E-state index contributed by atoms with van der Waals surface area (Å²) in [6, 6.07) is 12.3. The Balaban J connectivity index is 2.38. The second-order valence-corrected chi connectivity index (χ2v) is 5.04. The highest BCUT2D eigenvalue weighted by Crippen LogP contribution is 2.20. The van der Waals surface area contributed by atoms with Crippen molar-refractivity contribution in [1.82, 2.24) is 0 Å². The molecule has 0 aliphatic rings. The molecule has 2 heteroatoms. The van der Waals surface area contributed by atoms with Crippen LogP contribution in [0.25, 0.3) is 0 Å². The van der Waals surface area contributed by atoms with Gasteiger partial charge in [-0.2, -0.15) is 0 Å². The van der Waals surface area contributed by atoms with Crippen LogP contribution in [0.2, 0.25) is 0 Å². The lowest BCUT2D eigenvalue weighted by molar-refractivity contribution is 0.0816. The van der Waals surface area contributed by atoms with Gasteiger partial charge in [0, 0.05) is 11.1 Å². The molecule has 0 saturated carbocycles. The lowest BCUT2D eigenvalue weighted by Gasteiger charge is -2.11. The fourth-order valence-corrected chi connectivity index (χ4v) is 2.34. The summed E-state index contributed by atoms with van der Waals surface area (Å²) in [6.07, 6.45) is 2.59. The van der Waals surface area contributed by atoms with Crippen molar-refractivity contribution in [2.24, 2.45) is 0 Å². The SMILES string of the molecule is C=CCc1ccc(C(=O)C(=O)c2ccccc2)c(C)c1C. The number of ketones is 2. The van der Waals surface area contributed by atoms with Crippen LogP contribution in [-0.2, 0) is 6.42 Å². The summed E-state index contributed by atoms with van der Waals surface area (Å²) < 4.78 is 0. The highest BCUT2D eigenvalue weighted by Gasteiger charge is 2.20. The molecule has 0 bridgehead atoms. The smallest absolute Gasteiger partial charge is 0.233 e. The molecule has 2 nitrogen and oxygen atoms in total. The first-order chi connectivity index (χ1) is 10.1. The number of allylic oxidation sites excluding steroid dienone is 1. The average molecular weight is 278 g/mol. The quantitative estimate of drug-likeness (QED) is 0.469. The van der Waals surface area contributed by atoms with Crippen molar-refractivity contribution in [3.63, 3.8) is 0 Å². The Morgan fingerprint density at radius 2 is 1.62 bits per heavy atom. The van der Waals surface area contributed by atoms with Crippen LogP contribution in [0.5, 0.6) is 0 Å². The van der Waals surface area contributed by atoms with Crippen LogP contribution in [0.15, 0.2) is 55.1 Å². The monoisotopic (exact) mass is 278 g/mol. The lowest BCUT2D eigenvalue weighted by Crippen LogP contribution is -2.16. The Hall–Kier alpha value is -2.48. The molecule has 0 aliphatic heterocycles. The Morgan fingerprint density at radius 3 is 2.24 bits per heavy atom. The van der Waals surface area contributed by atoms with E-state index in [1.54, 1.807) is 30.3 Å². The van der Waals surface area contributed by atoms with Crippen LogP contribution in [0, 0.1) is 13.8 Å². The van der Waals surface area contributed by atoms with Crippen molar-refractivity contribution in [2.75, 3.05) is 0 Å². The molecule has 2 rings (SSSR count). The number of hydrogen-bond acceptors (Lipinski definition) is 2. The second-order valence-electron chi connectivity index (χ2n) is 5.04. The minimum Gasteiger partial charge on any atom is -0.285 e. The molecule has 0 spiro atoms. The van der Waals surface area contributed by atoms with Gasteiger partial charge in [0.05, 0.1) is 0 Å². The second kappa shape index (κ2) is 6.31. The van der Waals surface area contributed by atoms with E-state index in [2.05, 4.69) is 6.58 Å². The van der Waals surface area contributed by atoms with Crippen molar-refractivity contribution in [3.05, 3.63) is 82.9 Å². The van der Waals surface area contributed by atoms with Crippen molar-refractivity contribution in [1.29, 1.82) is 0 Å². The maximum Gasteiger partial charge on any atom is 0.233 e. The summed E-state index contributed by atoms with van der Waals surface area (Å²) in [5, 5.41) is 0. The van der Waals surface area contributed by atoms with Gasteiger partial charge < -0.3 is 0 Å². The van der Waals surface area contributed by atoms with Gasteiger partial charge in [-0.15, -0.1) is 6.58 Å². The number of carbonyl (C=O) groups is 2. The predicted octanol–water partition coefficient (Wildman–Crippen LogP) is 4.10. The zero-order chi connectivity index (χ0) is 15.4. The first kappa shape index (κ1) is 14.9. The van der Waals surface area contributed by atoms with Crippen LogP contribution in [0.4, 0.5) is 0 Å². The summed E-state index contributed by atoms with van der Waals surface area (Å²) in [6.45, 7) is 7.58. The Morgan fingerprint density at radius 1 is 0.952 bits per heavy atom. The van der Waals surface area contributed by atoms with Gasteiger partial charge in [-0.05, 0) is 37.0 Å². The summed E-state index contributed by atoms with van der Waals surface area (Å²) in [5.74, 6) is -0.915. The van der Waals surface area contributed by atoms with Crippen LogP contribution in [-0.4, -0.2) is 11.6 Å². The Bertz CT molecular complexity index is 697. The van der Waals surface area contributed by atoms with E-state index in [1.807, 2.05) is 32.1 Å². The van der Waals surface area contributed by atoms with E-state index in [0.29, 0.717) is 11.1 Å². The fourth-order valence-electron chi connectivity index (χ4n) is 2.34. The first-order valence-electron chi connectivity index (χ1n) is 6.90. The van der Waals surface area contributed by atoms with Crippen molar-refractivity contribution in [2.45, 2.75) is 20.3 Å². The van der Waals surface area contributed by atoms with Gasteiger partial charge in [-0.3, -0.25) is 9.59 Å². The largest absolute Gasteiger partial charge is 0.285 e. The predicted molar refractivity (Wildman–Crippen MR) is 84.9 cm³/mol. The van der Waals surface area contributed by atoms with E-state index in [1.165, 1.54) is 0 Å². The van der Waals surface area contributed by atoms with Gasteiger partial charge in [-0.25, -0.2) is 0 Å². The maximum atomic E-state index is 12.4. The fraction of sp³-hybridized carbons (Fsp3) is 0.158. The third kappa shape index (κ3) is 3.00. The maximum absolute atomic E-state index is 12.4. The van der Waals surface area contributed by atoms with Gasteiger partial charge in [-0.1, -0.05) is 48.5 Å². The third-order valence-electron chi connectivity index (χ3n) is 3.75. The topological polar surface area (TPSA) is 34.1 Å². The van der Waals surface area contributed by atoms with E-state index in [4.69, 9.17) is 0 Å². The molecule has 21 heavy (non-hydrogen) atoms. The molecule has 0 saturated heterocycles. The van der Waals surface area contributed by atoms with Crippen molar-refractivity contribution >= 4 is 11.6 Å². The Labute approximate surface area is 125 Å². The van der Waals surface area contributed by atoms with E-state index in [9.17, 15) is 9.59 Å². The van der Waals surface area contributed by atoms with Crippen molar-refractivity contribution < 1.29 is 9.59 Å². The Kier molecular flexibility index (Phi) is 4.49. The number of carbonyl (C=O) groups excluding carboxylic acids is 2. The molecule has 0 atom stereocenters. The standard InChI is InChI=1S/C19H18O2/c1-4-8-15-11-12-17(14(3)13(15)2)19(21)18(20)16-9-6-5-7-10-16/h4-7,9-12H,1,8H2,2-3H3. The molecule has 0 aromatic heterocycles. The van der Waals surface area contributed by atoms with E-state index < -0.39 is 11.6 Å². The van der Waals surface area contributed by atoms with Crippen LogP contribution in [0.1, 0.15) is 37.4 Å². The molecule has 0 radical (unpaired) electrons. The molecule has 0 N–H and O–H groups in total. The number of rotatable bonds is 5. The molecule has 106 valence electrons. The molecule has 0 fully saturated rings. The van der Waals surface area contributed by atoms with Gasteiger partial charge in [0.25, 0.3) is 0 Å². The number of benzene rings is 2. The van der Waals surface area contributed by atoms with E-state index >= 15 is 0 Å².